The lowest BCUT2D eigenvalue weighted by atomic mass is 10.1. The number of nitro benzene ring substituents is 1. The number of nitro groups is 1. The van der Waals surface area contributed by atoms with Crippen LogP contribution in [0.5, 0.6) is 5.75 Å². The fourth-order valence-corrected chi connectivity index (χ4v) is 1.62. The van der Waals surface area contributed by atoms with Crippen molar-refractivity contribution in [3.8, 4) is 5.75 Å². The van der Waals surface area contributed by atoms with E-state index in [9.17, 15) is 10.1 Å². The summed E-state index contributed by atoms with van der Waals surface area (Å²) in [4.78, 5) is 19.2. The molecule has 1 heterocycles. The maximum absolute atomic E-state index is 10.7. The molecule has 0 aromatic heterocycles. The number of nitrogens with one attached hydrogen (secondary N) is 1. The number of anilines is 1. The van der Waals surface area contributed by atoms with Crippen LogP contribution in [0.4, 0.5) is 11.4 Å². The number of rotatable bonds is 2. The molecule has 1 aromatic carbocycles. The lowest BCUT2D eigenvalue weighted by Gasteiger charge is -2.04. The van der Waals surface area contributed by atoms with Crippen LogP contribution in [0.15, 0.2) is 12.1 Å². The molecule has 0 atom stereocenters. The second kappa shape index (κ2) is 5.85. The summed E-state index contributed by atoms with van der Waals surface area (Å²) >= 11 is 0. The first-order valence-corrected chi connectivity index (χ1v) is 5.22. The normalized spacial score (nSPS) is 11.7. The van der Waals surface area contributed by atoms with E-state index < -0.39 is 10.9 Å². The van der Waals surface area contributed by atoms with Crippen LogP contribution in [-0.4, -0.2) is 24.5 Å². The first-order valence-electron chi connectivity index (χ1n) is 5.22. The number of nitrogens with zero attached hydrogens (tertiary/aromatic N) is 1. The van der Waals surface area contributed by atoms with Crippen LogP contribution >= 0.6 is 0 Å². The molecule has 1 aromatic rings. The summed E-state index contributed by atoms with van der Waals surface area (Å²) in [6.45, 7) is 1.81. The van der Waals surface area contributed by atoms with Crippen molar-refractivity contribution in [2.45, 2.75) is 13.3 Å². The van der Waals surface area contributed by atoms with E-state index in [4.69, 9.17) is 14.6 Å². The van der Waals surface area contributed by atoms with E-state index in [0.717, 1.165) is 31.1 Å². The molecule has 0 unspecified atom stereocenters. The Hall–Kier alpha value is -2.31. The molecule has 1 aliphatic rings. The van der Waals surface area contributed by atoms with E-state index in [1.165, 1.54) is 7.11 Å². The molecular formula is C11H13N2O5-. The summed E-state index contributed by atoms with van der Waals surface area (Å²) in [5.74, 6) is -0.775. The van der Waals surface area contributed by atoms with Gasteiger partial charge in [-0.1, -0.05) is 0 Å². The van der Waals surface area contributed by atoms with Gasteiger partial charge in [0, 0.05) is 30.3 Å². The Balaban J connectivity index is 0.000000357. The molecule has 0 radical (unpaired) electrons. The molecule has 0 spiro atoms. The molecule has 7 heteroatoms. The van der Waals surface area contributed by atoms with Crippen molar-refractivity contribution in [3.05, 3.63) is 27.8 Å². The Morgan fingerprint density at radius 1 is 1.50 bits per heavy atom. The summed E-state index contributed by atoms with van der Waals surface area (Å²) in [5, 5.41) is 22.7. The van der Waals surface area contributed by atoms with Crippen molar-refractivity contribution in [3.63, 3.8) is 0 Å². The lowest BCUT2D eigenvalue weighted by Crippen LogP contribution is -2.16. The molecule has 0 aliphatic carbocycles. The van der Waals surface area contributed by atoms with Crippen LogP contribution in [-0.2, 0) is 11.2 Å². The zero-order valence-corrected chi connectivity index (χ0v) is 10.1. The van der Waals surface area contributed by atoms with Crippen LogP contribution in [0.3, 0.4) is 0 Å². The monoisotopic (exact) mass is 253 g/mol. The average Bonchev–Trinajstić information content (AvgIpc) is 2.73. The number of aliphatic carboxylic acids is 1. The molecule has 0 saturated heterocycles. The predicted octanol–water partition coefficient (Wildman–Crippen LogP) is 0.328. The summed E-state index contributed by atoms with van der Waals surface area (Å²) in [6.07, 6.45) is 0.833. The minimum absolute atomic E-state index is 0.0370. The van der Waals surface area contributed by atoms with E-state index in [1.54, 1.807) is 12.1 Å². The van der Waals surface area contributed by atoms with Crippen LogP contribution in [0.1, 0.15) is 12.5 Å². The number of hydrogen-bond acceptors (Lipinski definition) is 6. The third-order valence-corrected chi connectivity index (χ3v) is 2.31. The number of fused-ring (bicyclic) bond motifs is 1. The second-order valence-corrected chi connectivity index (χ2v) is 3.61. The van der Waals surface area contributed by atoms with E-state index >= 15 is 0 Å². The molecule has 0 saturated carbocycles. The molecular weight excluding hydrogens is 240 g/mol. The Morgan fingerprint density at radius 2 is 2.11 bits per heavy atom. The molecule has 0 bridgehead atoms. The van der Waals surface area contributed by atoms with Crippen molar-refractivity contribution < 1.29 is 19.6 Å². The minimum Gasteiger partial charge on any atom is -0.550 e. The smallest absolute Gasteiger partial charge is 0.311 e. The number of ether oxygens (including phenoxy) is 1. The quantitative estimate of drug-likeness (QED) is 0.601. The highest BCUT2D eigenvalue weighted by Crippen LogP contribution is 2.35. The van der Waals surface area contributed by atoms with Gasteiger partial charge in [-0.3, -0.25) is 10.1 Å². The third-order valence-electron chi connectivity index (χ3n) is 2.31. The minimum atomic E-state index is -1.08. The molecule has 0 fully saturated rings. The molecule has 0 amide bonds. The first kappa shape index (κ1) is 13.8. The van der Waals surface area contributed by atoms with Gasteiger partial charge in [-0.15, -0.1) is 0 Å². The Morgan fingerprint density at radius 3 is 2.61 bits per heavy atom. The van der Waals surface area contributed by atoms with E-state index in [2.05, 4.69) is 5.32 Å². The SMILES string of the molecule is CC(=O)[O-].COc1cc2c(cc1[N+](=O)[O-])CCN2. The Labute approximate surface area is 104 Å². The van der Waals surface area contributed by atoms with Crippen molar-refractivity contribution in [2.24, 2.45) is 0 Å². The molecule has 1 N–H and O–H groups in total. The molecule has 98 valence electrons. The van der Waals surface area contributed by atoms with Gasteiger partial charge in [-0.05, 0) is 18.9 Å². The van der Waals surface area contributed by atoms with Gasteiger partial charge in [0.15, 0.2) is 5.75 Å². The van der Waals surface area contributed by atoms with Crippen LogP contribution in [0.2, 0.25) is 0 Å². The summed E-state index contributed by atoms with van der Waals surface area (Å²) < 4.78 is 4.95. The van der Waals surface area contributed by atoms with E-state index in [-0.39, 0.29) is 5.69 Å². The van der Waals surface area contributed by atoms with Crippen LogP contribution in [0, 0.1) is 10.1 Å². The number of carboxylic acids is 1. The summed E-state index contributed by atoms with van der Waals surface area (Å²) in [5.41, 5.74) is 1.96. The number of hydrogen-bond donors (Lipinski definition) is 1. The van der Waals surface area contributed by atoms with Crippen molar-refractivity contribution in [1.29, 1.82) is 0 Å². The van der Waals surface area contributed by atoms with Gasteiger partial charge in [0.25, 0.3) is 0 Å². The number of carbonyl (C=O) groups excluding carboxylic acids is 1. The van der Waals surface area contributed by atoms with Crippen molar-refractivity contribution >= 4 is 17.3 Å². The maximum atomic E-state index is 10.7. The van der Waals surface area contributed by atoms with Gasteiger partial charge in [0.1, 0.15) is 0 Å². The number of carbonyl (C=O) groups is 1. The Bertz CT molecular complexity index is 469. The fraction of sp³-hybridized carbons (Fsp3) is 0.364. The standard InChI is InChI=1S/C9H10N2O3.C2H4O2/c1-14-9-5-7-6(2-3-10-7)4-8(9)11(12)13;1-2(3)4/h4-5,10H,2-3H2,1H3;1H3,(H,3,4)/p-1. The molecule has 1 aliphatic heterocycles. The van der Waals surface area contributed by atoms with Crippen LogP contribution in [0.25, 0.3) is 0 Å². The molecule has 7 nitrogen and oxygen atoms in total. The molecule has 2 rings (SSSR count). The first-order chi connectivity index (χ1) is 8.45. The predicted molar refractivity (Wildman–Crippen MR) is 62.5 cm³/mol. The number of benzene rings is 1. The number of methoxy groups -OCH3 is 1. The largest absolute Gasteiger partial charge is 0.550 e. The van der Waals surface area contributed by atoms with Crippen molar-refractivity contribution in [1.82, 2.24) is 0 Å². The second-order valence-electron chi connectivity index (χ2n) is 3.61. The third kappa shape index (κ3) is 3.34. The van der Waals surface area contributed by atoms with Crippen molar-refractivity contribution in [2.75, 3.05) is 19.0 Å². The molecule has 18 heavy (non-hydrogen) atoms. The zero-order valence-electron chi connectivity index (χ0n) is 10.1. The maximum Gasteiger partial charge on any atom is 0.311 e. The van der Waals surface area contributed by atoms with Gasteiger partial charge in [-0.25, -0.2) is 0 Å². The van der Waals surface area contributed by atoms with Crippen LogP contribution < -0.4 is 15.2 Å². The fourth-order valence-electron chi connectivity index (χ4n) is 1.62. The van der Waals surface area contributed by atoms with Gasteiger partial charge >= 0.3 is 5.69 Å². The average molecular weight is 253 g/mol. The Kier molecular flexibility index (Phi) is 4.47. The summed E-state index contributed by atoms with van der Waals surface area (Å²) in [7, 11) is 1.43. The highest BCUT2D eigenvalue weighted by Gasteiger charge is 2.20. The van der Waals surface area contributed by atoms with Gasteiger partial charge in [-0.2, -0.15) is 0 Å². The highest BCUT2D eigenvalue weighted by molar-refractivity contribution is 5.65. The topological polar surface area (TPSA) is 105 Å². The van der Waals surface area contributed by atoms with Gasteiger partial charge in [0.05, 0.1) is 12.0 Å². The van der Waals surface area contributed by atoms with E-state index in [0.29, 0.717) is 5.75 Å². The summed E-state index contributed by atoms with van der Waals surface area (Å²) in [6, 6.07) is 3.26. The van der Waals surface area contributed by atoms with E-state index in [1.807, 2.05) is 0 Å². The van der Waals surface area contributed by atoms with Gasteiger partial charge in [0.2, 0.25) is 0 Å². The zero-order chi connectivity index (χ0) is 13.7. The lowest BCUT2D eigenvalue weighted by molar-refractivity contribution is -0.385. The number of carboxylic acid groups (broad SMARTS) is 1. The van der Waals surface area contributed by atoms with Gasteiger partial charge < -0.3 is 20.0 Å². The highest BCUT2D eigenvalue weighted by atomic mass is 16.6.